The van der Waals surface area contributed by atoms with Gasteiger partial charge in [0.1, 0.15) is 6.54 Å². The van der Waals surface area contributed by atoms with Crippen molar-refractivity contribution in [1.29, 1.82) is 0 Å². The SMILES string of the molecule is CCOCCCN(CC(=O)N(Cc1cccn1Cc1ccccc1)C1CCCCC1)C(=O)NC(C)(C)C. The number of amides is 3. The standard InChI is InChI=1S/C30H46N4O3/c1-5-37-21-13-20-33(29(36)31-30(2,3)4)24-28(35)34(26-16-10-7-11-17-26)23-27-18-12-19-32(27)22-25-14-8-6-9-15-25/h6,8-9,12,14-15,18-19,26H,5,7,10-11,13,16-17,20-24H2,1-4H3,(H,31,36). The molecule has 3 amide bonds. The maximum absolute atomic E-state index is 13.9. The van der Waals surface area contributed by atoms with Crippen molar-refractivity contribution in [2.24, 2.45) is 0 Å². The van der Waals surface area contributed by atoms with Gasteiger partial charge in [-0.25, -0.2) is 4.79 Å². The van der Waals surface area contributed by atoms with Crippen molar-refractivity contribution < 1.29 is 14.3 Å². The maximum Gasteiger partial charge on any atom is 0.318 e. The average molecular weight is 511 g/mol. The lowest BCUT2D eigenvalue weighted by molar-refractivity contribution is -0.135. The number of hydrogen-bond donors (Lipinski definition) is 1. The predicted octanol–water partition coefficient (Wildman–Crippen LogP) is 5.43. The van der Waals surface area contributed by atoms with Crippen LogP contribution >= 0.6 is 0 Å². The minimum atomic E-state index is -0.375. The van der Waals surface area contributed by atoms with Crippen molar-refractivity contribution in [2.45, 2.75) is 90.9 Å². The molecule has 2 aromatic rings. The van der Waals surface area contributed by atoms with Crippen molar-refractivity contribution in [2.75, 3.05) is 26.3 Å². The van der Waals surface area contributed by atoms with Crippen LogP contribution in [0.25, 0.3) is 0 Å². The maximum atomic E-state index is 13.9. The summed E-state index contributed by atoms with van der Waals surface area (Å²) >= 11 is 0. The molecule has 0 spiro atoms. The number of ether oxygens (including phenoxy) is 1. The van der Waals surface area contributed by atoms with Gasteiger partial charge in [0.25, 0.3) is 0 Å². The lowest BCUT2D eigenvalue weighted by atomic mass is 9.94. The number of nitrogens with zero attached hydrogens (tertiary/aromatic N) is 3. The van der Waals surface area contributed by atoms with E-state index in [2.05, 4.69) is 52.5 Å². The molecule has 0 unspecified atom stereocenters. The Morgan fingerprint density at radius 1 is 1.05 bits per heavy atom. The minimum Gasteiger partial charge on any atom is -0.382 e. The number of carbonyl (C=O) groups is 2. The van der Waals surface area contributed by atoms with Gasteiger partial charge in [-0.2, -0.15) is 0 Å². The van der Waals surface area contributed by atoms with Crippen LogP contribution < -0.4 is 5.32 Å². The first-order valence-electron chi connectivity index (χ1n) is 13.9. The van der Waals surface area contributed by atoms with Crippen LogP contribution in [0, 0.1) is 0 Å². The third-order valence-corrected chi connectivity index (χ3v) is 6.80. The van der Waals surface area contributed by atoms with E-state index in [1.807, 2.05) is 38.7 Å². The van der Waals surface area contributed by atoms with E-state index in [4.69, 9.17) is 4.74 Å². The molecule has 1 fully saturated rings. The van der Waals surface area contributed by atoms with Crippen molar-refractivity contribution in [1.82, 2.24) is 19.7 Å². The summed E-state index contributed by atoms with van der Waals surface area (Å²) < 4.78 is 7.71. The fourth-order valence-electron chi connectivity index (χ4n) is 4.92. The molecule has 0 atom stereocenters. The van der Waals surface area contributed by atoms with E-state index in [1.165, 1.54) is 12.0 Å². The Hall–Kier alpha value is -2.80. The van der Waals surface area contributed by atoms with Crippen LogP contribution in [0.1, 0.15) is 77.5 Å². The molecule has 1 aliphatic rings. The number of rotatable bonds is 12. The van der Waals surface area contributed by atoms with Crippen LogP contribution in [-0.2, 0) is 22.6 Å². The molecule has 1 aromatic heterocycles. The van der Waals surface area contributed by atoms with Crippen LogP contribution in [0.2, 0.25) is 0 Å². The van der Waals surface area contributed by atoms with Gasteiger partial charge in [-0.3, -0.25) is 4.79 Å². The summed E-state index contributed by atoms with van der Waals surface area (Å²) in [4.78, 5) is 30.7. The highest BCUT2D eigenvalue weighted by Gasteiger charge is 2.29. The van der Waals surface area contributed by atoms with Gasteiger partial charge >= 0.3 is 6.03 Å². The minimum absolute atomic E-state index is 0.0137. The summed E-state index contributed by atoms with van der Waals surface area (Å²) in [5.41, 5.74) is 1.97. The molecule has 7 nitrogen and oxygen atoms in total. The number of hydrogen-bond acceptors (Lipinski definition) is 3. The van der Waals surface area contributed by atoms with Gasteiger partial charge in [0, 0.05) is 49.8 Å². The van der Waals surface area contributed by atoms with Crippen LogP contribution in [0.15, 0.2) is 48.7 Å². The Bertz CT molecular complexity index is 961. The zero-order valence-corrected chi connectivity index (χ0v) is 23.2. The molecule has 7 heteroatoms. The van der Waals surface area contributed by atoms with Gasteiger partial charge in [-0.05, 0) is 64.7 Å². The number of nitrogens with one attached hydrogen (secondary N) is 1. The van der Waals surface area contributed by atoms with Crippen LogP contribution in [-0.4, -0.2) is 64.2 Å². The molecule has 3 rings (SSSR count). The third-order valence-electron chi connectivity index (χ3n) is 6.80. The van der Waals surface area contributed by atoms with Gasteiger partial charge in [-0.15, -0.1) is 0 Å². The molecule has 0 radical (unpaired) electrons. The average Bonchev–Trinajstić information content (AvgIpc) is 3.30. The second kappa shape index (κ2) is 14.2. The second-order valence-electron chi connectivity index (χ2n) is 11.1. The van der Waals surface area contributed by atoms with Crippen molar-refractivity contribution in [3.8, 4) is 0 Å². The molecular formula is C30H46N4O3. The molecule has 1 N–H and O–H groups in total. The first-order chi connectivity index (χ1) is 17.8. The monoisotopic (exact) mass is 510 g/mol. The Morgan fingerprint density at radius 3 is 2.46 bits per heavy atom. The van der Waals surface area contributed by atoms with Crippen molar-refractivity contribution in [3.63, 3.8) is 0 Å². The van der Waals surface area contributed by atoms with Crippen molar-refractivity contribution in [3.05, 3.63) is 59.9 Å². The van der Waals surface area contributed by atoms with Gasteiger partial charge in [0.05, 0.1) is 6.54 Å². The molecule has 1 heterocycles. The molecule has 204 valence electrons. The Morgan fingerprint density at radius 2 is 1.78 bits per heavy atom. The topological polar surface area (TPSA) is 66.8 Å². The zero-order chi connectivity index (χ0) is 26.7. The second-order valence-corrected chi connectivity index (χ2v) is 11.1. The van der Waals surface area contributed by atoms with E-state index in [9.17, 15) is 9.59 Å². The van der Waals surface area contributed by atoms with Gasteiger partial charge in [0.2, 0.25) is 5.91 Å². The zero-order valence-electron chi connectivity index (χ0n) is 23.2. The predicted molar refractivity (Wildman–Crippen MR) is 148 cm³/mol. The fraction of sp³-hybridized carbons (Fsp3) is 0.600. The van der Waals surface area contributed by atoms with E-state index in [0.29, 0.717) is 32.7 Å². The summed E-state index contributed by atoms with van der Waals surface area (Å²) in [6.45, 7) is 10.9. The Kier molecular flexibility index (Phi) is 11.1. The van der Waals surface area contributed by atoms with Crippen LogP contribution in [0.3, 0.4) is 0 Å². The summed E-state index contributed by atoms with van der Waals surface area (Å²) in [6.07, 6.45) is 8.32. The third kappa shape index (κ3) is 9.54. The number of carbonyl (C=O) groups excluding carboxylic acids is 2. The molecule has 0 aliphatic heterocycles. The van der Waals surface area contributed by atoms with Gasteiger partial charge in [0.15, 0.2) is 0 Å². The first kappa shape index (κ1) is 28.8. The Balaban J connectivity index is 1.77. The highest BCUT2D eigenvalue weighted by atomic mass is 16.5. The van der Waals surface area contributed by atoms with Gasteiger partial charge < -0.3 is 24.4 Å². The highest BCUT2D eigenvalue weighted by Crippen LogP contribution is 2.25. The van der Waals surface area contributed by atoms with Crippen molar-refractivity contribution >= 4 is 11.9 Å². The number of urea groups is 1. The molecule has 1 saturated carbocycles. The summed E-state index contributed by atoms with van der Waals surface area (Å²) in [7, 11) is 0. The lowest BCUT2D eigenvalue weighted by Crippen LogP contribution is -2.53. The molecule has 1 aliphatic carbocycles. The van der Waals surface area contributed by atoms with E-state index >= 15 is 0 Å². The quantitative estimate of drug-likeness (QED) is 0.387. The van der Waals surface area contributed by atoms with Crippen LogP contribution in [0.4, 0.5) is 4.79 Å². The summed E-state index contributed by atoms with van der Waals surface area (Å²) in [5.74, 6) is 0.0137. The smallest absolute Gasteiger partial charge is 0.318 e. The van der Waals surface area contributed by atoms with E-state index in [1.54, 1.807) is 4.90 Å². The Labute approximate surface area is 223 Å². The van der Waals surface area contributed by atoms with E-state index in [-0.39, 0.29) is 30.1 Å². The molecule has 0 saturated heterocycles. The molecule has 0 bridgehead atoms. The molecule has 1 aromatic carbocycles. The molecular weight excluding hydrogens is 464 g/mol. The molecule has 37 heavy (non-hydrogen) atoms. The summed E-state index contributed by atoms with van der Waals surface area (Å²) in [5, 5.41) is 3.04. The fourth-order valence-corrected chi connectivity index (χ4v) is 4.92. The van der Waals surface area contributed by atoms with Gasteiger partial charge in [-0.1, -0.05) is 49.6 Å². The largest absolute Gasteiger partial charge is 0.382 e. The summed E-state index contributed by atoms with van der Waals surface area (Å²) in [6, 6.07) is 14.6. The number of benzene rings is 1. The highest BCUT2D eigenvalue weighted by molar-refractivity contribution is 5.84. The number of aromatic nitrogens is 1. The normalized spacial score (nSPS) is 14.4. The lowest BCUT2D eigenvalue weighted by Gasteiger charge is -2.36. The van der Waals surface area contributed by atoms with E-state index < -0.39 is 0 Å². The first-order valence-corrected chi connectivity index (χ1v) is 13.9. The van der Waals surface area contributed by atoms with Crippen LogP contribution in [0.5, 0.6) is 0 Å². The van der Waals surface area contributed by atoms with E-state index in [0.717, 1.165) is 37.9 Å².